The van der Waals surface area contributed by atoms with Crippen LogP contribution in [0.2, 0.25) is 0 Å². The van der Waals surface area contributed by atoms with Crippen LogP contribution in [0, 0.1) is 0 Å². The number of allylic oxidation sites excluding steroid dienone is 4. The van der Waals surface area contributed by atoms with Crippen molar-refractivity contribution in [2.24, 2.45) is 0 Å². The molecule has 0 aliphatic rings. The second kappa shape index (κ2) is 33.0. The highest BCUT2D eigenvalue weighted by molar-refractivity contribution is 7.47. The van der Waals surface area contributed by atoms with E-state index in [2.05, 4.69) is 42.7 Å². The number of esters is 2. The summed E-state index contributed by atoms with van der Waals surface area (Å²) in [6, 6.07) is 0. The Morgan fingerprint density at radius 1 is 0.638 bits per heavy atom. The quantitative estimate of drug-likeness (QED) is 0.0259. The molecule has 0 saturated carbocycles. The highest BCUT2D eigenvalue weighted by Gasteiger charge is 2.27. The summed E-state index contributed by atoms with van der Waals surface area (Å²) in [5.74, 6) is -0.945. The van der Waals surface area contributed by atoms with Crippen LogP contribution < -0.4 is 0 Å². The van der Waals surface area contributed by atoms with E-state index in [4.69, 9.17) is 19.1 Å². The lowest BCUT2D eigenvalue weighted by molar-refractivity contribution is -0.161. The number of hydrogen-bond acceptors (Lipinski definition) is 9. The van der Waals surface area contributed by atoms with Gasteiger partial charge < -0.3 is 24.6 Å². The summed E-state index contributed by atoms with van der Waals surface area (Å²) in [4.78, 5) is 34.7. The predicted molar refractivity (Wildman–Crippen MR) is 187 cm³/mol. The monoisotopic (exact) mass is 690 g/mol. The Labute approximate surface area is 285 Å². The van der Waals surface area contributed by atoms with Gasteiger partial charge in [0.1, 0.15) is 12.7 Å². The van der Waals surface area contributed by atoms with Crippen molar-refractivity contribution in [3.8, 4) is 0 Å². The molecular formula is C36H67O10P. The van der Waals surface area contributed by atoms with Gasteiger partial charge in [-0.1, -0.05) is 128 Å². The maximum atomic E-state index is 12.5. The summed E-state index contributed by atoms with van der Waals surface area (Å²) in [6.45, 7) is 2.29. The van der Waals surface area contributed by atoms with E-state index in [1.54, 1.807) is 0 Å². The van der Waals surface area contributed by atoms with Crippen LogP contribution in [-0.2, 0) is 32.7 Å². The van der Waals surface area contributed by atoms with Gasteiger partial charge in [0.05, 0.1) is 19.8 Å². The minimum atomic E-state index is -4.61. The molecule has 0 saturated heterocycles. The Balaban J connectivity index is 4.38. The largest absolute Gasteiger partial charge is 0.472 e. The third-order valence-electron chi connectivity index (χ3n) is 7.64. The molecule has 0 aliphatic carbocycles. The number of phosphoric ester groups is 1. The average molecular weight is 691 g/mol. The lowest BCUT2D eigenvalue weighted by atomic mass is 10.1. The number of aliphatic hydroxyl groups is 2. The number of hydrogen-bond donors (Lipinski definition) is 3. The normalized spacial score (nSPS) is 14.4. The molecule has 11 heteroatoms. The fraction of sp³-hybridized carbons (Fsp3) is 0.833. The van der Waals surface area contributed by atoms with Crippen LogP contribution in [0.25, 0.3) is 0 Å². The van der Waals surface area contributed by atoms with Crippen molar-refractivity contribution in [2.45, 2.75) is 167 Å². The first-order valence-corrected chi connectivity index (χ1v) is 19.8. The summed E-state index contributed by atoms with van der Waals surface area (Å²) in [7, 11) is -4.61. The summed E-state index contributed by atoms with van der Waals surface area (Å²) in [6.07, 6.45) is 28.7. The summed E-state index contributed by atoms with van der Waals surface area (Å²) >= 11 is 0. The average Bonchev–Trinajstić information content (AvgIpc) is 3.05. The second-order valence-electron chi connectivity index (χ2n) is 12.3. The molecule has 0 heterocycles. The number of carbonyl (C=O) groups excluding carboxylic acids is 2. The molecule has 276 valence electrons. The maximum absolute atomic E-state index is 12.5. The molecule has 0 fully saturated rings. The van der Waals surface area contributed by atoms with E-state index in [9.17, 15) is 24.2 Å². The van der Waals surface area contributed by atoms with Crippen molar-refractivity contribution >= 4 is 19.8 Å². The molecule has 0 aromatic rings. The van der Waals surface area contributed by atoms with Crippen molar-refractivity contribution < 1.29 is 47.8 Å². The van der Waals surface area contributed by atoms with Gasteiger partial charge in [-0.25, -0.2) is 4.57 Å². The molecule has 0 spiro atoms. The van der Waals surface area contributed by atoms with Crippen molar-refractivity contribution in [1.82, 2.24) is 0 Å². The Bertz CT molecular complexity index is 848. The summed E-state index contributed by atoms with van der Waals surface area (Å²) in [5.41, 5.74) is 0. The van der Waals surface area contributed by atoms with Crippen LogP contribution in [0.4, 0.5) is 0 Å². The van der Waals surface area contributed by atoms with Gasteiger partial charge >= 0.3 is 19.8 Å². The molecule has 0 amide bonds. The third kappa shape index (κ3) is 32.8. The first-order valence-electron chi connectivity index (χ1n) is 18.3. The molecule has 1 unspecified atom stereocenters. The van der Waals surface area contributed by atoms with E-state index in [0.29, 0.717) is 12.8 Å². The standard InChI is InChI=1S/C36H67O10P/c1-3-5-7-9-11-13-14-15-16-17-18-20-21-23-25-27-35(39)43-31-34(32-45-47(41,42)44-30-33(38)29-37)46-36(40)28-26-24-22-19-12-10-8-6-4-2/h13-16,33-34,37-38H,3-12,17-32H2,1-2H3,(H,41,42)/b14-13+,16-15+/t33-,34+/m1/s1. The van der Waals surface area contributed by atoms with Crippen LogP contribution in [0.3, 0.4) is 0 Å². The Hall–Kier alpha value is -1.55. The molecule has 10 nitrogen and oxygen atoms in total. The zero-order valence-electron chi connectivity index (χ0n) is 29.5. The van der Waals surface area contributed by atoms with Gasteiger partial charge in [0.25, 0.3) is 0 Å². The van der Waals surface area contributed by atoms with Gasteiger partial charge in [-0.3, -0.25) is 18.6 Å². The molecule has 47 heavy (non-hydrogen) atoms. The SMILES string of the molecule is CCCCCC/C=C/C=C/CCCCCCCC(=O)OC[C@@H](COP(=O)(O)OC[C@H](O)CO)OC(=O)CCCCCCCCCCC. The number of rotatable bonds is 34. The molecule has 0 aromatic carbocycles. The van der Waals surface area contributed by atoms with E-state index in [1.165, 1.54) is 57.8 Å². The van der Waals surface area contributed by atoms with Crippen LogP contribution in [0.1, 0.15) is 155 Å². The van der Waals surface area contributed by atoms with Crippen LogP contribution >= 0.6 is 7.82 Å². The van der Waals surface area contributed by atoms with E-state index in [0.717, 1.165) is 57.8 Å². The van der Waals surface area contributed by atoms with Crippen molar-refractivity contribution in [2.75, 3.05) is 26.4 Å². The van der Waals surface area contributed by atoms with Gasteiger partial charge in [0, 0.05) is 12.8 Å². The predicted octanol–water partition coefficient (Wildman–Crippen LogP) is 8.66. The Morgan fingerprint density at radius 2 is 1.09 bits per heavy atom. The van der Waals surface area contributed by atoms with Gasteiger partial charge in [0.2, 0.25) is 0 Å². The molecule has 0 aliphatic heterocycles. The highest BCUT2D eigenvalue weighted by atomic mass is 31.2. The van der Waals surface area contributed by atoms with Crippen LogP contribution in [-0.4, -0.2) is 65.7 Å². The zero-order valence-corrected chi connectivity index (χ0v) is 30.4. The van der Waals surface area contributed by atoms with E-state index >= 15 is 0 Å². The minimum Gasteiger partial charge on any atom is -0.462 e. The van der Waals surface area contributed by atoms with E-state index < -0.39 is 51.8 Å². The summed E-state index contributed by atoms with van der Waals surface area (Å²) in [5, 5.41) is 18.2. The Morgan fingerprint density at radius 3 is 1.62 bits per heavy atom. The van der Waals surface area contributed by atoms with Crippen LogP contribution in [0.5, 0.6) is 0 Å². The zero-order chi connectivity index (χ0) is 34.9. The fourth-order valence-corrected chi connectivity index (χ4v) is 5.54. The van der Waals surface area contributed by atoms with Crippen molar-refractivity contribution in [3.63, 3.8) is 0 Å². The number of aliphatic hydroxyl groups excluding tert-OH is 2. The Kier molecular flexibility index (Phi) is 31.9. The van der Waals surface area contributed by atoms with E-state index in [1.807, 2.05) is 0 Å². The van der Waals surface area contributed by atoms with Crippen molar-refractivity contribution in [3.05, 3.63) is 24.3 Å². The molecule has 0 rings (SSSR count). The molecule has 0 aromatic heterocycles. The first kappa shape index (κ1) is 45.5. The fourth-order valence-electron chi connectivity index (χ4n) is 4.75. The number of unbranched alkanes of at least 4 members (excludes halogenated alkanes) is 17. The number of phosphoric acid groups is 1. The van der Waals surface area contributed by atoms with Crippen LogP contribution in [0.15, 0.2) is 24.3 Å². The molecular weight excluding hydrogens is 623 g/mol. The second-order valence-corrected chi connectivity index (χ2v) is 13.7. The summed E-state index contributed by atoms with van der Waals surface area (Å²) < 4.78 is 32.5. The molecule has 0 radical (unpaired) electrons. The number of ether oxygens (including phenoxy) is 2. The topological polar surface area (TPSA) is 149 Å². The lowest BCUT2D eigenvalue weighted by Crippen LogP contribution is -2.29. The molecule has 3 atom stereocenters. The number of carbonyl (C=O) groups is 2. The molecule has 3 N–H and O–H groups in total. The highest BCUT2D eigenvalue weighted by Crippen LogP contribution is 2.43. The van der Waals surface area contributed by atoms with Crippen molar-refractivity contribution in [1.29, 1.82) is 0 Å². The maximum Gasteiger partial charge on any atom is 0.472 e. The molecule has 0 bridgehead atoms. The van der Waals surface area contributed by atoms with Gasteiger partial charge in [-0.15, -0.1) is 0 Å². The third-order valence-corrected chi connectivity index (χ3v) is 8.59. The smallest absolute Gasteiger partial charge is 0.462 e. The lowest BCUT2D eigenvalue weighted by Gasteiger charge is -2.20. The van der Waals surface area contributed by atoms with E-state index in [-0.39, 0.29) is 19.4 Å². The van der Waals surface area contributed by atoms with Gasteiger partial charge in [0.15, 0.2) is 6.10 Å². The first-order chi connectivity index (χ1) is 22.7. The minimum absolute atomic E-state index is 0.182. The van der Waals surface area contributed by atoms with Gasteiger partial charge in [-0.2, -0.15) is 0 Å². The van der Waals surface area contributed by atoms with Gasteiger partial charge in [-0.05, 0) is 38.5 Å².